The Bertz CT molecular complexity index is 792. The Morgan fingerprint density at radius 2 is 1.55 bits per heavy atom. The van der Waals surface area contributed by atoms with Gasteiger partial charge in [0.05, 0.1) is 17.3 Å². The molecule has 2 aromatic carbocycles. The SMILES string of the molecule is CCCCCCC(NCc1ccccc1)C(=O)Nc1ccccc1C(=O)NCCCC. The Morgan fingerprint density at radius 1 is 0.839 bits per heavy atom. The van der Waals surface area contributed by atoms with Crippen LogP contribution in [0.5, 0.6) is 0 Å². The van der Waals surface area contributed by atoms with Crippen LogP contribution >= 0.6 is 0 Å². The first-order chi connectivity index (χ1) is 15.2. The summed E-state index contributed by atoms with van der Waals surface area (Å²) < 4.78 is 0. The predicted molar refractivity (Wildman–Crippen MR) is 128 cm³/mol. The molecule has 0 saturated carbocycles. The van der Waals surface area contributed by atoms with Crippen molar-refractivity contribution in [1.82, 2.24) is 10.6 Å². The molecular weight excluding hydrogens is 386 g/mol. The fourth-order valence-electron chi connectivity index (χ4n) is 3.42. The van der Waals surface area contributed by atoms with Gasteiger partial charge in [0.15, 0.2) is 0 Å². The van der Waals surface area contributed by atoms with Crippen LogP contribution in [-0.2, 0) is 11.3 Å². The lowest BCUT2D eigenvalue weighted by molar-refractivity contribution is -0.118. The number of benzene rings is 2. The summed E-state index contributed by atoms with van der Waals surface area (Å²) in [5, 5.41) is 9.34. The number of unbranched alkanes of at least 4 members (excludes halogenated alkanes) is 4. The van der Waals surface area contributed by atoms with Crippen molar-refractivity contribution in [3.63, 3.8) is 0 Å². The van der Waals surface area contributed by atoms with Gasteiger partial charge >= 0.3 is 0 Å². The molecule has 0 spiro atoms. The maximum absolute atomic E-state index is 13.1. The van der Waals surface area contributed by atoms with Gasteiger partial charge < -0.3 is 16.0 Å². The molecule has 0 aliphatic rings. The van der Waals surface area contributed by atoms with E-state index in [-0.39, 0.29) is 17.9 Å². The van der Waals surface area contributed by atoms with Crippen LogP contribution in [0.4, 0.5) is 5.69 Å². The number of rotatable bonds is 14. The molecule has 31 heavy (non-hydrogen) atoms. The van der Waals surface area contributed by atoms with E-state index in [1.54, 1.807) is 12.1 Å². The Morgan fingerprint density at radius 3 is 2.29 bits per heavy atom. The van der Waals surface area contributed by atoms with Gasteiger partial charge in [0.1, 0.15) is 0 Å². The van der Waals surface area contributed by atoms with Crippen LogP contribution in [0, 0.1) is 0 Å². The quantitative estimate of drug-likeness (QED) is 0.362. The summed E-state index contributed by atoms with van der Waals surface area (Å²) >= 11 is 0. The normalized spacial score (nSPS) is 11.7. The van der Waals surface area contributed by atoms with Crippen LogP contribution in [0.15, 0.2) is 54.6 Å². The zero-order valence-corrected chi connectivity index (χ0v) is 19.0. The summed E-state index contributed by atoms with van der Waals surface area (Å²) in [7, 11) is 0. The van der Waals surface area contributed by atoms with E-state index in [0.717, 1.165) is 44.1 Å². The minimum absolute atomic E-state index is 0.0961. The third kappa shape index (κ3) is 8.93. The topological polar surface area (TPSA) is 70.2 Å². The number of nitrogens with one attached hydrogen (secondary N) is 3. The molecule has 0 radical (unpaired) electrons. The van der Waals surface area contributed by atoms with Gasteiger partial charge in [-0.15, -0.1) is 0 Å². The van der Waals surface area contributed by atoms with E-state index in [0.29, 0.717) is 24.3 Å². The number of hydrogen-bond donors (Lipinski definition) is 3. The number of carbonyl (C=O) groups excluding carboxylic acids is 2. The number of carbonyl (C=O) groups is 2. The highest BCUT2D eigenvalue weighted by Crippen LogP contribution is 2.17. The number of para-hydroxylation sites is 1. The third-order valence-electron chi connectivity index (χ3n) is 5.30. The van der Waals surface area contributed by atoms with Gasteiger partial charge in [-0.25, -0.2) is 0 Å². The fraction of sp³-hybridized carbons (Fsp3) is 0.462. The highest BCUT2D eigenvalue weighted by Gasteiger charge is 2.20. The van der Waals surface area contributed by atoms with Crippen LogP contribution in [0.25, 0.3) is 0 Å². The molecule has 0 fully saturated rings. The van der Waals surface area contributed by atoms with Crippen molar-refractivity contribution in [2.24, 2.45) is 0 Å². The third-order valence-corrected chi connectivity index (χ3v) is 5.30. The largest absolute Gasteiger partial charge is 0.352 e. The van der Waals surface area contributed by atoms with Gasteiger partial charge in [0.25, 0.3) is 5.91 Å². The van der Waals surface area contributed by atoms with E-state index in [1.807, 2.05) is 30.3 Å². The van der Waals surface area contributed by atoms with E-state index < -0.39 is 0 Å². The molecule has 1 unspecified atom stereocenters. The first-order valence-electron chi connectivity index (χ1n) is 11.6. The van der Waals surface area contributed by atoms with Crippen molar-refractivity contribution < 1.29 is 9.59 Å². The number of anilines is 1. The molecular formula is C26H37N3O2. The molecule has 3 N–H and O–H groups in total. The van der Waals surface area contributed by atoms with E-state index >= 15 is 0 Å². The predicted octanol–water partition coefficient (Wildman–Crippen LogP) is 5.28. The molecule has 1 atom stereocenters. The van der Waals surface area contributed by atoms with E-state index in [1.165, 1.54) is 6.42 Å². The molecule has 0 aliphatic carbocycles. The smallest absolute Gasteiger partial charge is 0.253 e. The van der Waals surface area contributed by atoms with E-state index in [2.05, 4.69) is 41.9 Å². The lowest BCUT2D eigenvalue weighted by atomic mass is 10.1. The molecule has 5 nitrogen and oxygen atoms in total. The monoisotopic (exact) mass is 423 g/mol. The van der Waals surface area contributed by atoms with Crippen LogP contribution < -0.4 is 16.0 Å². The van der Waals surface area contributed by atoms with Crippen LogP contribution in [0.2, 0.25) is 0 Å². The second kappa shape index (κ2) is 14.4. The van der Waals surface area contributed by atoms with Gasteiger partial charge in [0.2, 0.25) is 5.91 Å². The second-order valence-corrected chi connectivity index (χ2v) is 7.91. The fourth-order valence-corrected chi connectivity index (χ4v) is 3.42. The van der Waals surface area contributed by atoms with Gasteiger partial charge in [-0.05, 0) is 30.5 Å². The van der Waals surface area contributed by atoms with Crippen molar-refractivity contribution in [3.05, 3.63) is 65.7 Å². The Kier molecular flexibility index (Phi) is 11.4. The molecule has 0 bridgehead atoms. The summed E-state index contributed by atoms with van der Waals surface area (Å²) in [5.41, 5.74) is 2.20. The van der Waals surface area contributed by atoms with Crippen molar-refractivity contribution in [3.8, 4) is 0 Å². The first kappa shape index (κ1) is 24.6. The summed E-state index contributed by atoms with van der Waals surface area (Å²) in [4.78, 5) is 25.7. The average molecular weight is 424 g/mol. The van der Waals surface area contributed by atoms with E-state index in [9.17, 15) is 9.59 Å². The van der Waals surface area contributed by atoms with Gasteiger partial charge in [-0.2, -0.15) is 0 Å². The first-order valence-corrected chi connectivity index (χ1v) is 11.6. The Labute approximate surface area is 187 Å². The Balaban J connectivity index is 2.04. The zero-order chi connectivity index (χ0) is 22.3. The standard InChI is InChI=1S/C26H37N3O2/c1-3-5-7-11-18-24(28-20-21-14-9-8-10-15-21)26(31)29-23-17-13-12-16-22(23)25(30)27-19-6-4-2/h8-10,12-17,24,28H,3-7,11,18-20H2,1-2H3,(H,27,30)(H,29,31). The minimum atomic E-state index is -0.312. The molecule has 2 amide bonds. The molecule has 0 aromatic heterocycles. The molecule has 0 aliphatic heterocycles. The minimum Gasteiger partial charge on any atom is -0.352 e. The molecule has 0 saturated heterocycles. The van der Waals surface area contributed by atoms with Crippen LogP contribution in [0.3, 0.4) is 0 Å². The molecule has 0 heterocycles. The molecule has 2 aromatic rings. The van der Waals surface area contributed by atoms with Crippen LogP contribution in [0.1, 0.15) is 74.7 Å². The van der Waals surface area contributed by atoms with Crippen molar-refractivity contribution >= 4 is 17.5 Å². The van der Waals surface area contributed by atoms with Crippen molar-refractivity contribution in [2.45, 2.75) is 71.4 Å². The lowest BCUT2D eigenvalue weighted by Gasteiger charge is -2.20. The highest BCUT2D eigenvalue weighted by molar-refractivity contribution is 6.04. The molecule has 168 valence electrons. The van der Waals surface area contributed by atoms with Crippen molar-refractivity contribution in [1.29, 1.82) is 0 Å². The summed E-state index contributed by atoms with van der Waals surface area (Å²) in [6.07, 6.45) is 7.16. The van der Waals surface area contributed by atoms with Crippen molar-refractivity contribution in [2.75, 3.05) is 11.9 Å². The lowest BCUT2D eigenvalue weighted by Crippen LogP contribution is -2.40. The van der Waals surface area contributed by atoms with Gasteiger partial charge in [0, 0.05) is 13.1 Å². The highest BCUT2D eigenvalue weighted by atomic mass is 16.2. The number of amides is 2. The van der Waals surface area contributed by atoms with Crippen LogP contribution in [-0.4, -0.2) is 24.4 Å². The van der Waals surface area contributed by atoms with E-state index in [4.69, 9.17) is 0 Å². The summed E-state index contributed by atoms with van der Waals surface area (Å²) in [6, 6.07) is 17.0. The maximum atomic E-state index is 13.1. The average Bonchev–Trinajstić information content (AvgIpc) is 2.79. The maximum Gasteiger partial charge on any atom is 0.253 e. The zero-order valence-electron chi connectivity index (χ0n) is 19.0. The van der Waals surface area contributed by atoms with Gasteiger partial charge in [-0.3, -0.25) is 9.59 Å². The molecule has 2 rings (SSSR count). The summed E-state index contributed by atoms with van der Waals surface area (Å²) in [6.45, 7) is 5.53. The number of hydrogen-bond acceptors (Lipinski definition) is 3. The molecule has 5 heteroatoms. The summed E-state index contributed by atoms with van der Waals surface area (Å²) in [5.74, 6) is -0.248. The van der Waals surface area contributed by atoms with Gasteiger partial charge in [-0.1, -0.05) is 88.4 Å². The second-order valence-electron chi connectivity index (χ2n) is 7.91. The Hall–Kier alpha value is -2.66.